The monoisotopic (exact) mass is 733 g/mol. The van der Waals surface area contributed by atoms with Crippen molar-refractivity contribution < 1.29 is 34.1 Å². The van der Waals surface area contributed by atoms with E-state index in [0.717, 1.165) is 37.6 Å². The van der Waals surface area contributed by atoms with Gasteiger partial charge in [0, 0.05) is 4.88 Å². The number of ether oxygens (including phenoxy) is 1. The van der Waals surface area contributed by atoms with Crippen LogP contribution in [0.3, 0.4) is 0 Å². The maximum Gasteiger partial charge on any atom is 0.316 e. The SMILES string of the molecule is COC(=O)C1Cc2sc3c(c2C1)C(=O)NCc1nnc(C)n1-3.Cc1nnc(CBr)n1C1SC2=C(CC(C)(C(=O)O)C2)C1(C)C(=O)O. The zero-order valence-electron chi connectivity index (χ0n) is 25.7. The highest BCUT2D eigenvalue weighted by atomic mass is 79.9. The van der Waals surface area contributed by atoms with Gasteiger partial charge in [0.15, 0.2) is 5.82 Å². The third-order valence-corrected chi connectivity index (χ3v) is 12.6. The van der Waals surface area contributed by atoms with Gasteiger partial charge in [-0.05, 0) is 69.4 Å². The van der Waals surface area contributed by atoms with Crippen LogP contribution in [-0.4, -0.2) is 70.7 Å². The van der Waals surface area contributed by atoms with Crippen molar-refractivity contribution in [2.75, 3.05) is 7.11 Å². The Bertz CT molecular complexity index is 1850. The number of rotatable bonds is 5. The van der Waals surface area contributed by atoms with Gasteiger partial charge in [-0.2, -0.15) is 0 Å². The smallest absolute Gasteiger partial charge is 0.316 e. The van der Waals surface area contributed by atoms with Crippen molar-refractivity contribution in [3.8, 4) is 5.00 Å². The molecular weight excluding hydrogens is 702 g/mol. The van der Waals surface area contributed by atoms with Gasteiger partial charge in [0.05, 0.1) is 35.9 Å². The van der Waals surface area contributed by atoms with E-state index in [-0.39, 0.29) is 24.2 Å². The molecule has 0 radical (unpaired) electrons. The molecule has 5 heterocycles. The Labute approximate surface area is 280 Å². The minimum atomic E-state index is -1.18. The average Bonchev–Trinajstić information content (AvgIpc) is 3.83. The molecule has 2 aliphatic heterocycles. The number of esters is 1. The number of carbonyl (C=O) groups is 4. The number of amides is 1. The van der Waals surface area contributed by atoms with Crippen LogP contribution in [0.5, 0.6) is 0 Å². The van der Waals surface area contributed by atoms with Gasteiger partial charge in [-0.25, -0.2) is 0 Å². The molecule has 0 fully saturated rings. The van der Waals surface area contributed by atoms with Crippen molar-refractivity contribution >= 4 is 62.8 Å². The number of halogens is 1. The molecule has 3 aromatic rings. The molecule has 1 amide bonds. The molecule has 46 heavy (non-hydrogen) atoms. The lowest BCUT2D eigenvalue weighted by Gasteiger charge is -2.33. The summed E-state index contributed by atoms with van der Waals surface area (Å²) in [7, 11) is 1.40. The number of allylic oxidation sites excluding steroid dienone is 1. The number of hydrogen-bond acceptors (Lipinski definition) is 11. The van der Waals surface area contributed by atoms with Gasteiger partial charge in [0.2, 0.25) is 0 Å². The Kier molecular flexibility index (Phi) is 8.16. The Balaban J connectivity index is 0.000000162. The van der Waals surface area contributed by atoms with Crippen LogP contribution in [0.15, 0.2) is 10.5 Å². The van der Waals surface area contributed by atoms with E-state index >= 15 is 0 Å². The lowest BCUT2D eigenvalue weighted by molar-refractivity contribution is -0.149. The molecule has 4 aliphatic rings. The Morgan fingerprint density at radius 3 is 2.43 bits per heavy atom. The molecule has 244 valence electrons. The van der Waals surface area contributed by atoms with Gasteiger partial charge in [-0.3, -0.25) is 28.3 Å². The number of fused-ring (bicyclic) bond motifs is 5. The van der Waals surface area contributed by atoms with E-state index in [0.29, 0.717) is 48.3 Å². The van der Waals surface area contributed by atoms with Crippen molar-refractivity contribution in [2.45, 2.75) is 70.6 Å². The summed E-state index contributed by atoms with van der Waals surface area (Å²) < 4.78 is 8.62. The van der Waals surface area contributed by atoms with E-state index in [1.165, 1.54) is 18.9 Å². The summed E-state index contributed by atoms with van der Waals surface area (Å²) in [6.45, 7) is 7.39. The van der Waals surface area contributed by atoms with Gasteiger partial charge in [-0.1, -0.05) is 15.9 Å². The van der Waals surface area contributed by atoms with Crippen LogP contribution in [0, 0.1) is 30.6 Å². The molecule has 0 spiro atoms. The molecule has 0 saturated carbocycles. The Morgan fingerprint density at radius 1 is 1.07 bits per heavy atom. The van der Waals surface area contributed by atoms with Crippen LogP contribution in [0.25, 0.3) is 5.00 Å². The minimum absolute atomic E-state index is 0.108. The molecule has 3 N–H and O–H groups in total. The molecule has 4 atom stereocenters. The van der Waals surface area contributed by atoms with Crippen molar-refractivity contribution in [1.82, 2.24) is 34.8 Å². The lowest BCUT2D eigenvalue weighted by atomic mass is 9.77. The summed E-state index contributed by atoms with van der Waals surface area (Å²) in [6.07, 6.45) is 1.81. The zero-order chi connectivity index (χ0) is 33.3. The summed E-state index contributed by atoms with van der Waals surface area (Å²) in [4.78, 5) is 50.0. The molecule has 17 heteroatoms. The molecule has 4 unspecified atom stereocenters. The molecule has 0 bridgehead atoms. The first-order valence-electron chi connectivity index (χ1n) is 14.5. The van der Waals surface area contributed by atoms with E-state index in [1.807, 2.05) is 16.1 Å². The highest BCUT2D eigenvalue weighted by molar-refractivity contribution is 9.08. The topological polar surface area (TPSA) is 191 Å². The number of aliphatic carboxylic acids is 2. The average molecular weight is 735 g/mol. The Morgan fingerprint density at radius 2 is 1.78 bits per heavy atom. The van der Waals surface area contributed by atoms with E-state index in [1.54, 1.807) is 32.1 Å². The second-order valence-corrected chi connectivity index (χ2v) is 15.1. The second-order valence-electron chi connectivity index (χ2n) is 12.3. The lowest BCUT2D eigenvalue weighted by Crippen LogP contribution is -2.38. The van der Waals surface area contributed by atoms with Crippen molar-refractivity contribution in [1.29, 1.82) is 0 Å². The van der Waals surface area contributed by atoms with Crippen LogP contribution in [0.1, 0.15) is 76.2 Å². The van der Waals surface area contributed by atoms with Crippen LogP contribution in [0.2, 0.25) is 0 Å². The fraction of sp³-hybridized carbons (Fsp3) is 0.517. The first-order chi connectivity index (χ1) is 21.7. The van der Waals surface area contributed by atoms with Crippen molar-refractivity contribution in [3.63, 3.8) is 0 Å². The number of aromatic nitrogens is 6. The van der Waals surface area contributed by atoms with Gasteiger partial charge in [0.25, 0.3) is 5.91 Å². The van der Waals surface area contributed by atoms with E-state index in [9.17, 15) is 29.4 Å². The number of carbonyl (C=O) groups excluding carboxylic acids is 2. The van der Waals surface area contributed by atoms with E-state index in [2.05, 4.69) is 41.6 Å². The van der Waals surface area contributed by atoms with E-state index in [4.69, 9.17) is 4.74 Å². The summed E-state index contributed by atoms with van der Waals surface area (Å²) in [5.41, 5.74) is 0.238. The highest BCUT2D eigenvalue weighted by Crippen LogP contribution is 2.65. The molecule has 3 aromatic heterocycles. The van der Waals surface area contributed by atoms with Crippen molar-refractivity contribution in [3.05, 3.63) is 49.8 Å². The van der Waals surface area contributed by atoms with Gasteiger partial charge in [-0.15, -0.1) is 43.5 Å². The maximum atomic E-state index is 12.5. The molecular formula is C29H32BrN7O7S2. The maximum absolute atomic E-state index is 12.5. The largest absolute Gasteiger partial charge is 0.481 e. The number of methoxy groups -OCH3 is 1. The summed E-state index contributed by atoms with van der Waals surface area (Å²) in [5.74, 6) is 0.462. The van der Waals surface area contributed by atoms with Gasteiger partial charge >= 0.3 is 17.9 Å². The van der Waals surface area contributed by atoms with Crippen LogP contribution in [0.4, 0.5) is 0 Å². The molecule has 2 aliphatic carbocycles. The standard InChI is InChI=1S/C15H18BrN3O4S.C14H14N4O3S/c1-7-17-18-10(6-16)19(7)11-15(3,13(22)23)8-4-14(2,12(20)21)5-9(8)24-11;1-6-16-17-10-5-15-12(19)11-8-3-7(14(20)21-2)4-9(8)22-13(11)18(6)10/h11H,4-6H2,1-3H3,(H,20,21)(H,22,23);7H,3-5H2,1-2H3,(H,15,19). The highest BCUT2D eigenvalue weighted by Gasteiger charge is 2.59. The fourth-order valence-electron chi connectivity index (χ4n) is 6.68. The molecule has 0 aromatic carbocycles. The molecule has 0 saturated heterocycles. The van der Waals surface area contributed by atoms with Crippen LogP contribution in [-0.2, 0) is 43.8 Å². The molecule has 7 rings (SSSR count). The van der Waals surface area contributed by atoms with Gasteiger partial charge < -0.3 is 20.3 Å². The number of hydrogen-bond donors (Lipinski definition) is 3. The molecule has 14 nitrogen and oxygen atoms in total. The van der Waals surface area contributed by atoms with E-state index < -0.39 is 28.1 Å². The number of nitrogens with one attached hydrogen (secondary N) is 1. The number of aryl methyl sites for hydroxylation is 2. The van der Waals surface area contributed by atoms with Crippen LogP contribution >= 0.6 is 39.0 Å². The summed E-state index contributed by atoms with van der Waals surface area (Å²) >= 11 is 6.35. The first-order valence-corrected chi connectivity index (χ1v) is 17.3. The normalized spacial score (nSPS) is 25.9. The van der Waals surface area contributed by atoms with Gasteiger partial charge in [0.1, 0.15) is 33.3 Å². The number of carboxylic acid groups (broad SMARTS) is 2. The van der Waals surface area contributed by atoms with Crippen LogP contribution < -0.4 is 5.32 Å². The third kappa shape index (κ3) is 4.89. The predicted molar refractivity (Wildman–Crippen MR) is 170 cm³/mol. The Hall–Kier alpha value is -3.57. The number of thiophene rings is 1. The number of thioether (sulfide) groups is 1. The second kappa shape index (κ2) is 11.6. The predicted octanol–water partition coefficient (Wildman–Crippen LogP) is 3.72. The first kappa shape index (κ1) is 32.4. The zero-order valence-corrected chi connectivity index (χ0v) is 28.9. The van der Waals surface area contributed by atoms with Crippen molar-refractivity contribution in [2.24, 2.45) is 16.7 Å². The quantitative estimate of drug-likeness (QED) is 0.255. The third-order valence-electron chi connectivity index (χ3n) is 9.30. The fourth-order valence-corrected chi connectivity index (χ4v) is 10.5. The number of nitrogens with zero attached hydrogens (tertiary/aromatic N) is 6. The minimum Gasteiger partial charge on any atom is -0.481 e. The number of carboxylic acids is 2. The number of alkyl halides is 1. The summed E-state index contributed by atoms with van der Waals surface area (Å²) in [6, 6.07) is 0. The summed E-state index contributed by atoms with van der Waals surface area (Å²) in [5, 5.41) is 39.7.